The fourth-order valence-corrected chi connectivity index (χ4v) is 1.97. The minimum atomic E-state index is 0.341. The second kappa shape index (κ2) is 4.09. The first-order chi connectivity index (χ1) is 6.36. The Hall–Kier alpha value is -0.570. The lowest BCUT2D eigenvalue weighted by Crippen LogP contribution is -2.48. The van der Waals surface area contributed by atoms with E-state index in [1.165, 1.54) is 25.7 Å². The van der Waals surface area contributed by atoms with Crippen LogP contribution in [0.15, 0.2) is 0 Å². The third kappa shape index (κ3) is 2.21. The minimum Gasteiger partial charge on any atom is -0.341 e. The van der Waals surface area contributed by atoms with Gasteiger partial charge in [0.15, 0.2) is 0 Å². The van der Waals surface area contributed by atoms with Gasteiger partial charge in [-0.3, -0.25) is 9.69 Å². The van der Waals surface area contributed by atoms with Gasteiger partial charge in [0, 0.05) is 13.1 Å². The highest BCUT2D eigenvalue weighted by molar-refractivity contribution is 5.78. The number of rotatable bonds is 2. The van der Waals surface area contributed by atoms with E-state index in [0.29, 0.717) is 12.5 Å². The zero-order chi connectivity index (χ0) is 9.10. The molecule has 0 aliphatic carbocycles. The molecule has 74 valence electrons. The molecule has 1 amide bonds. The first kappa shape index (κ1) is 9.00. The maximum atomic E-state index is 11.6. The zero-order valence-electron chi connectivity index (χ0n) is 8.17. The summed E-state index contributed by atoms with van der Waals surface area (Å²) in [7, 11) is 0. The number of carbonyl (C=O) groups excluding carboxylic acids is 1. The van der Waals surface area contributed by atoms with E-state index in [-0.39, 0.29) is 0 Å². The summed E-state index contributed by atoms with van der Waals surface area (Å²) in [6.45, 7) is 4.90. The van der Waals surface area contributed by atoms with Gasteiger partial charge < -0.3 is 4.90 Å². The van der Waals surface area contributed by atoms with Crippen molar-refractivity contribution in [3.05, 3.63) is 0 Å². The van der Waals surface area contributed by atoms with Crippen LogP contribution in [0.4, 0.5) is 0 Å². The summed E-state index contributed by atoms with van der Waals surface area (Å²) in [5.74, 6) is 0.341. The molecule has 2 heterocycles. The SMILES string of the molecule is O=C(CN1CCCCC1)N1CCC1. The van der Waals surface area contributed by atoms with Crippen molar-refractivity contribution < 1.29 is 4.79 Å². The Balaban J connectivity index is 1.72. The minimum absolute atomic E-state index is 0.341. The first-order valence-electron chi connectivity index (χ1n) is 5.36. The van der Waals surface area contributed by atoms with Crippen molar-refractivity contribution in [3.8, 4) is 0 Å². The number of amides is 1. The topological polar surface area (TPSA) is 23.6 Å². The Labute approximate surface area is 79.7 Å². The molecule has 2 fully saturated rings. The summed E-state index contributed by atoms with van der Waals surface area (Å²) in [5.41, 5.74) is 0. The van der Waals surface area contributed by atoms with Gasteiger partial charge in [-0.25, -0.2) is 0 Å². The van der Waals surface area contributed by atoms with Gasteiger partial charge >= 0.3 is 0 Å². The molecule has 0 aromatic rings. The normalized spacial score (nSPS) is 24.2. The van der Waals surface area contributed by atoms with E-state index in [2.05, 4.69) is 4.90 Å². The molecule has 3 heteroatoms. The van der Waals surface area contributed by atoms with Crippen LogP contribution in [0.2, 0.25) is 0 Å². The van der Waals surface area contributed by atoms with Gasteiger partial charge in [-0.15, -0.1) is 0 Å². The molecular formula is C10H18N2O. The summed E-state index contributed by atoms with van der Waals surface area (Å²) in [5, 5.41) is 0. The van der Waals surface area contributed by atoms with Crippen molar-refractivity contribution in [2.45, 2.75) is 25.7 Å². The Morgan fingerprint density at radius 1 is 0.923 bits per heavy atom. The third-order valence-corrected chi connectivity index (χ3v) is 3.02. The monoisotopic (exact) mass is 182 g/mol. The highest BCUT2D eigenvalue weighted by Crippen LogP contribution is 2.11. The predicted molar refractivity (Wildman–Crippen MR) is 51.5 cm³/mol. The van der Waals surface area contributed by atoms with Crippen LogP contribution in [0.25, 0.3) is 0 Å². The van der Waals surface area contributed by atoms with Crippen LogP contribution in [-0.2, 0) is 4.79 Å². The molecule has 0 radical (unpaired) electrons. The summed E-state index contributed by atoms with van der Waals surface area (Å²) in [6.07, 6.45) is 5.08. The van der Waals surface area contributed by atoms with E-state index < -0.39 is 0 Å². The molecule has 0 spiro atoms. The van der Waals surface area contributed by atoms with Crippen molar-refractivity contribution in [2.24, 2.45) is 0 Å². The van der Waals surface area contributed by atoms with Gasteiger partial charge in [-0.05, 0) is 32.4 Å². The van der Waals surface area contributed by atoms with Crippen molar-refractivity contribution in [1.29, 1.82) is 0 Å². The maximum Gasteiger partial charge on any atom is 0.236 e. The highest BCUT2D eigenvalue weighted by atomic mass is 16.2. The predicted octanol–water partition coefficient (Wildman–Crippen LogP) is 0.705. The Morgan fingerprint density at radius 2 is 1.62 bits per heavy atom. The Bertz CT molecular complexity index is 183. The van der Waals surface area contributed by atoms with Gasteiger partial charge in [-0.1, -0.05) is 6.42 Å². The standard InChI is InChI=1S/C10H18N2O/c13-10(12-7-4-8-12)9-11-5-2-1-3-6-11/h1-9H2. The van der Waals surface area contributed by atoms with Gasteiger partial charge in [0.05, 0.1) is 6.54 Å². The summed E-state index contributed by atoms with van der Waals surface area (Å²) in [4.78, 5) is 15.8. The van der Waals surface area contributed by atoms with E-state index in [1.807, 2.05) is 4.90 Å². The Kier molecular flexibility index (Phi) is 2.83. The van der Waals surface area contributed by atoms with Crippen molar-refractivity contribution in [1.82, 2.24) is 9.80 Å². The van der Waals surface area contributed by atoms with Crippen LogP contribution in [0, 0.1) is 0 Å². The summed E-state index contributed by atoms with van der Waals surface area (Å²) >= 11 is 0. The molecule has 13 heavy (non-hydrogen) atoms. The van der Waals surface area contributed by atoms with Gasteiger partial charge in [0.25, 0.3) is 0 Å². The first-order valence-corrected chi connectivity index (χ1v) is 5.36. The number of nitrogens with zero attached hydrogens (tertiary/aromatic N) is 2. The molecule has 2 aliphatic heterocycles. The molecule has 0 unspecified atom stereocenters. The second-order valence-electron chi connectivity index (χ2n) is 4.07. The lowest BCUT2D eigenvalue weighted by atomic mass is 10.1. The average Bonchev–Trinajstić information content (AvgIpc) is 2.02. The number of piperidine rings is 1. The van der Waals surface area contributed by atoms with Crippen LogP contribution in [0.3, 0.4) is 0 Å². The van der Waals surface area contributed by atoms with E-state index in [0.717, 1.165) is 26.2 Å². The smallest absolute Gasteiger partial charge is 0.236 e. The van der Waals surface area contributed by atoms with E-state index in [9.17, 15) is 4.79 Å². The molecule has 0 aromatic carbocycles. The quantitative estimate of drug-likeness (QED) is 0.628. The molecular weight excluding hydrogens is 164 g/mol. The van der Waals surface area contributed by atoms with E-state index in [1.54, 1.807) is 0 Å². The molecule has 3 nitrogen and oxygen atoms in total. The van der Waals surface area contributed by atoms with Crippen LogP contribution in [0.1, 0.15) is 25.7 Å². The van der Waals surface area contributed by atoms with Gasteiger partial charge in [0.1, 0.15) is 0 Å². The number of carbonyl (C=O) groups is 1. The maximum absolute atomic E-state index is 11.6. The molecule has 0 saturated carbocycles. The highest BCUT2D eigenvalue weighted by Gasteiger charge is 2.22. The van der Waals surface area contributed by atoms with Crippen LogP contribution >= 0.6 is 0 Å². The van der Waals surface area contributed by atoms with Crippen LogP contribution < -0.4 is 0 Å². The molecule has 0 N–H and O–H groups in total. The number of likely N-dealkylation sites (tertiary alicyclic amines) is 2. The molecule has 0 bridgehead atoms. The largest absolute Gasteiger partial charge is 0.341 e. The van der Waals surface area contributed by atoms with Crippen LogP contribution in [-0.4, -0.2) is 48.4 Å². The second-order valence-corrected chi connectivity index (χ2v) is 4.07. The third-order valence-electron chi connectivity index (χ3n) is 3.02. The summed E-state index contributed by atoms with van der Waals surface area (Å²) < 4.78 is 0. The lowest BCUT2D eigenvalue weighted by molar-refractivity contribution is -0.136. The van der Waals surface area contributed by atoms with Crippen LogP contribution in [0.5, 0.6) is 0 Å². The zero-order valence-corrected chi connectivity index (χ0v) is 8.17. The average molecular weight is 182 g/mol. The molecule has 0 atom stereocenters. The number of hydrogen-bond donors (Lipinski definition) is 0. The summed E-state index contributed by atoms with van der Waals surface area (Å²) in [6, 6.07) is 0. The van der Waals surface area contributed by atoms with Crippen molar-refractivity contribution in [3.63, 3.8) is 0 Å². The van der Waals surface area contributed by atoms with Gasteiger partial charge in [0.2, 0.25) is 5.91 Å². The van der Waals surface area contributed by atoms with E-state index in [4.69, 9.17) is 0 Å². The van der Waals surface area contributed by atoms with E-state index >= 15 is 0 Å². The molecule has 2 aliphatic rings. The molecule has 0 aromatic heterocycles. The van der Waals surface area contributed by atoms with Gasteiger partial charge in [-0.2, -0.15) is 0 Å². The van der Waals surface area contributed by atoms with Crippen molar-refractivity contribution >= 4 is 5.91 Å². The lowest BCUT2D eigenvalue weighted by Gasteiger charge is -2.34. The van der Waals surface area contributed by atoms with Crippen molar-refractivity contribution in [2.75, 3.05) is 32.7 Å². The molecule has 2 rings (SSSR count). The Morgan fingerprint density at radius 3 is 2.15 bits per heavy atom. The fourth-order valence-electron chi connectivity index (χ4n) is 1.97. The molecule has 2 saturated heterocycles. The fraction of sp³-hybridized carbons (Fsp3) is 0.900. The number of hydrogen-bond acceptors (Lipinski definition) is 2.